The van der Waals surface area contributed by atoms with Gasteiger partial charge in [-0.2, -0.15) is 0 Å². The number of rotatable bonds is 4. The monoisotopic (exact) mass is 574 g/mol. The van der Waals surface area contributed by atoms with Crippen molar-refractivity contribution in [3.05, 3.63) is 182 Å². The van der Waals surface area contributed by atoms with Gasteiger partial charge in [-0.15, -0.1) is 0 Å². The number of furan rings is 1. The second-order valence-electron chi connectivity index (χ2n) is 11.2. The average molecular weight is 575 g/mol. The van der Waals surface area contributed by atoms with Crippen molar-refractivity contribution in [1.82, 2.24) is 0 Å². The molecule has 212 valence electrons. The Balaban J connectivity index is 1.46. The summed E-state index contributed by atoms with van der Waals surface area (Å²) in [4.78, 5) is 0. The van der Waals surface area contributed by atoms with Crippen molar-refractivity contribution in [2.24, 2.45) is 0 Å². The summed E-state index contributed by atoms with van der Waals surface area (Å²) in [6.45, 7) is 0. The Morgan fingerprint density at radius 1 is 0.267 bits per heavy atom. The molecule has 0 unspecified atom stereocenters. The molecule has 0 saturated carbocycles. The number of benzene rings is 6. The Morgan fingerprint density at radius 2 is 0.733 bits per heavy atom. The molecule has 45 heavy (non-hydrogen) atoms. The molecule has 0 aliphatic heterocycles. The highest BCUT2D eigenvalue weighted by molar-refractivity contribution is 6.15. The first kappa shape index (κ1) is 26.7. The van der Waals surface area contributed by atoms with E-state index >= 15 is 0 Å². The third-order valence-corrected chi connectivity index (χ3v) is 8.54. The number of hydrogen-bond donors (Lipinski definition) is 0. The van der Waals surface area contributed by atoms with Gasteiger partial charge in [-0.05, 0) is 73.5 Å². The zero-order chi connectivity index (χ0) is 30.0. The summed E-state index contributed by atoms with van der Waals surface area (Å²) in [7, 11) is 0. The van der Waals surface area contributed by atoms with E-state index in [1.165, 1.54) is 38.6 Å². The highest BCUT2D eigenvalue weighted by atomic mass is 16.3. The Bertz CT molecular complexity index is 2360. The van der Waals surface area contributed by atoms with Crippen LogP contribution in [0, 0.1) is 0 Å². The third kappa shape index (κ3) is 4.95. The van der Waals surface area contributed by atoms with E-state index in [0.717, 1.165) is 38.6 Å². The molecule has 0 N–H and O–H groups in total. The van der Waals surface area contributed by atoms with E-state index in [9.17, 15) is 0 Å². The summed E-state index contributed by atoms with van der Waals surface area (Å²) < 4.78 is 6.52. The lowest BCUT2D eigenvalue weighted by molar-refractivity contribution is 0.669. The first-order chi connectivity index (χ1) is 22.3. The van der Waals surface area contributed by atoms with Crippen LogP contribution in [0.5, 0.6) is 0 Å². The molecular weight excluding hydrogens is 544 g/mol. The average Bonchev–Trinajstić information content (AvgIpc) is 3.49. The van der Waals surface area contributed by atoms with Crippen LogP contribution in [-0.4, -0.2) is 0 Å². The molecule has 0 amide bonds. The van der Waals surface area contributed by atoms with Crippen LogP contribution in [0.15, 0.2) is 186 Å². The van der Waals surface area contributed by atoms with Crippen LogP contribution in [0.2, 0.25) is 0 Å². The van der Waals surface area contributed by atoms with Gasteiger partial charge in [0.1, 0.15) is 11.2 Å². The van der Waals surface area contributed by atoms with Crippen LogP contribution in [0.4, 0.5) is 0 Å². The van der Waals surface area contributed by atoms with Crippen LogP contribution >= 0.6 is 0 Å². The Labute approximate surface area is 263 Å². The molecule has 1 nitrogen and oxygen atoms in total. The molecule has 0 fully saturated rings. The van der Waals surface area contributed by atoms with Gasteiger partial charge >= 0.3 is 0 Å². The van der Waals surface area contributed by atoms with E-state index in [-0.39, 0.29) is 0 Å². The molecule has 0 aliphatic carbocycles. The van der Waals surface area contributed by atoms with Gasteiger partial charge in [0.2, 0.25) is 0 Å². The predicted molar refractivity (Wildman–Crippen MR) is 191 cm³/mol. The molecule has 1 aromatic heterocycles. The third-order valence-electron chi connectivity index (χ3n) is 8.54. The number of hydrogen-bond acceptors (Lipinski definition) is 1. The SMILES string of the molecule is c1ccc(-c2ccccc2-c2ccccccc(-c3cc(-c4ccccc4)c4c(c3)oc3ccccc34)c3ccccc23)cc1. The molecule has 1 heterocycles. The molecule has 1 heteroatoms. The maximum atomic E-state index is 6.52. The standard InChI is InChI=1S/C44H30O/c1-2-10-23-38(36-24-12-11-22-34(36)31-17-5-3-6-18-31)39-26-14-13-25-37(39)35(21-9-1)33-29-41(32-19-7-4-8-20-32)44-40-27-15-16-28-42(40)45-43(44)30-33/h1-30H. The molecule has 0 spiro atoms. The van der Waals surface area contributed by atoms with Crippen molar-refractivity contribution in [3.63, 3.8) is 0 Å². The van der Waals surface area contributed by atoms with E-state index < -0.39 is 0 Å². The van der Waals surface area contributed by atoms with Crippen LogP contribution in [0.1, 0.15) is 0 Å². The summed E-state index contributed by atoms with van der Waals surface area (Å²) in [5.41, 5.74) is 11.1. The molecule has 0 radical (unpaired) electrons. The fraction of sp³-hybridized carbons (Fsp3) is 0. The Morgan fingerprint density at radius 3 is 1.44 bits per heavy atom. The fourth-order valence-electron chi connectivity index (χ4n) is 6.49. The summed E-state index contributed by atoms with van der Waals surface area (Å²) >= 11 is 0. The lowest BCUT2D eigenvalue weighted by atomic mass is 9.90. The molecule has 8 aromatic rings. The topological polar surface area (TPSA) is 13.1 Å². The van der Waals surface area contributed by atoms with Gasteiger partial charge in [-0.1, -0.05) is 164 Å². The normalized spacial score (nSPS) is 11.1. The second-order valence-corrected chi connectivity index (χ2v) is 11.2. The van der Waals surface area contributed by atoms with Crippen LogP contribution < -0.4 is 0 Å². The van der Waals surface area contributed by atoms with E-state index in [4.69, 9.17) is 4.42 Å². The zero-order valence-electron chi connectivity index (χ0n) is 24.7. The highest BCUT2D eigenvalue weighted by Gasteiger charge is 2.16. The van der Waals surface area contributed by atoms with Gasteiger partial charge in [0, 0.05) is 10.8 Å². The van der Waals surface area contributed by atoms with Crippen molar-refractivity contribution >= 4 is 32.7 Å². The second kappa shape index (κ2) is 11.6. The molecule has 7 aromatic carbocycles. The first-order valence-electron chi connectivity index (χ1n) is 15.4. The van der Waals surface area contributed by atoms with Gasteiger partial charge in [-0.25, -0.2) is 0 Å². The van der Waals surface area contributed by atoms with Crippen LogP contribution in [-0.2, 0) is 0 Å². The van der Waals surface area contributed by atoms with Gasteiger partial charge in [0.05, 0.1) is 0 Å². The predicted octanol–water partition coefficient (Wildman–Crippen LogP) is 12.5. The molecule has 0 atom stereocenters. The Hall–Kier alpha value is -5.92. The molecule has 0 aliphatic rings. The van der Waals surface area contributed by atoms with Gasteiger partial charge < -0.3 is 4.42 Å². The smallest absolute Gasteiger partial charge is 0.136 e. The van der Waals surface area contributed by atoms with Gasteiger partial charge in [0.25, 0.3) is 0 Å². The minimum absolute atomic E-state index is 0.886. The maximum absolute atomic E-state index is 6.52. The lowest BCUT2D eigenvalue weighted by Gasteiger charge is -2.14. The highest BCUT2D eigenvalue weighted by Crippen LogP contribution is 2.42. The summed E-state index contributed by atoms with van der Waals surface area (Å²) in [6.07, 6.45) is 0. The van der Waals surface area contributed by atoms with Crippen molar-refractivity contribution < 1.29 is 4.42 Å². The fourth-order valence-corrected chi connectivity index (χ4v) is 6.49. The Kier molecular flexibility index (Phi) is 6.90. The van der Waals surface area contributed by atoms with E-state index in [1.54, 1.807) is 0 Å². The van der Waals surface area contributed by atoms with Gasteiger partial charge in [0.15, 0.2) is 0 Å². The van der Waals surface area contributed by atoms with Crippen molar-refractivity contribution in [2.45, 2.75) is 0 Å². The molecule has 0 saturated heterocycles. The quantitative estimate of drug-likeness (QED) is 0.204. The first-order valence-corrected chi connectivity index (χ1v) is 15.4. The summed E-state index contributed by atoms with van der Waals surface area (Å²) in [5.74, 6) is 0. The zero-order valence-corrected chi connectivity index (χ0v) is 24.7. The minimum Gasteiger partial charge on any atom is -0.456 e. The maximum Gasteiger partial charge on any atom is 0.136 e. The number of para-hydroxylation sites is 1. The van der Waals surface area contributed by atoms with Crippen LogP contribution in [0.25, 0.3) is 77.2 Å². The molecular formula is C44H30O. The van der Waals surface area contributed by atoms with Crippen molar-refractivity contribution in [1.29, 1.82) is 0 Å². The van der Waals surface area contributed by atoms with Crippen molar-refractivity contribution in [3.8, 4) is 44.5 Å². The minimum atomic E-state index is 0.886. The van der Waals surface area contributed by atoms with E-state index in [1.807, 2.05) is 6.07 Å². The summed E-state index contributed by atoms with van der Waals surface area (Å²) in [6, 6.07) is 64.5. The lowest BCUT2D eigenvalue weighted by Crippen LogP contribution is -1.87. The van der Waals surface area contributed by atoms with Crippen LogP contribution in [0.3, 0.4) is 0 Å². The number of fused-ring (bicyclic) bond motifs is 4. The van der Waals surface area contributed by atoms with E-state index in [0.29, 0.717) is 0 Å². The summed E-state index contributed by atoms with van der Waals surface area (Å²) in [5, 5.41) is 4.62. The van der Waals surface area contributed by atoms with Crippen molar-refractivity contribution in [2.75, 3.05) is 0 Å². The van der Waals surface area contributed by atoms with E-state index in [2.05, 4.69) is 176 Å². The molecule has 0 bridgehead atoms. The largest absolute Gasteiger partial charge is 0.456 e. The molecule has 8 rings (SSSR count). The van der Waals surface area contributed by atoms with Gasteiger partial charge in [-0.3, -0.25) is 0 Å².